The summed E-state index contributed by atoms with van der Waals surface area (Å²) in [5, 5.41) is 0. The third-order valence-electron chi connectivity index (χ3n) is 0.614. The van der Waals surface area contributed by atoms with Gasteiger partial charge in [0.05, 0.1) is 2.74 Å². The molecule has 0 nitrogen and oxygen atoms in total. The minimum atomic E-state index is 0.293. The number of benzene rings is 1. The first kappa shape index (κ1) is 3.07. The molecule has 0 fully saturated rings. The van der Waals surface area contributed by atoms with E-state index in [4.69, 9.17) is 2.74 Å². The molecule has 0 unspecified atom stereocenters. The lowest BCUT2D eigenvalue weighted by Gasteiger charge is -1.80. The lowest BCUT2D eigenvalue weighted by Crippen LogP contribution is -1.61. The quantitative estimate of drug-likeness (QED) is 0.571. The molecule has 0 aliphatic heterocycles. The summed E-state index contributed by atoms with van der Waals surface area (Å²) in [6.07, 6.45) is 0. The fourth-order valence-corrected chi connectivity index (χ4v) is 0.696. The second-order valence-corrected chi connectivity index (χ2v) is 2.31. The van der Waals surface area contributed by atoms with Crippen LogP contribution >= 0.6 is 22.6 Å². The lowest BCUT2D eigenvalue weighted by molar-refractivity contribution is 1.65. The van der Waals surface area contributed by atoms with Gasteiger partial charge < -0.3 is 0 Å². The second-order valence-electron chi connectivity index (χ2n) is 1.14. The van der Waals surface area contributed by atoms with E-state index in [1.807, 2.05) is 28.7 Å². The molecular weight excluding hydrogens is 199 g/mol. The monoisotopic (exact) mass is 206 g/mol. The molecule has 0 aromatic heterocycles. The molecule has 0 aliphatic carbocycles. The van der Waals surface area contributed by atoms with Gasteiger partial charge in [-0.15, -0.1) is 0 Å². The van der Waals surface area contributed by atoms with Gasteiger partial charge in [-0.1, -0.05) is 18.2 Å². The topological polar surface area (TPSA) is 0 Å². The van der Waals surface area contributed by atoms with Crippen LogP contribution in [-0.4, -0.2) is 0 Å². The van der Waals surface area contributed by atoms with Crippen LogP contribution in [0.3, 0.4) is 0 Å². The van der Waals surface area contributed by atoms with E-state index in [-0.39, 0.29) is 0 Å². The molecule has 1 aromatic rings. The van der Waals surface area contributed by atoms with Crippen molar-refractivity contribution in [3.05, 3.63) is 33.9 Å². The predicted molar refractivity (Wildman–Crippen MR) is 39.2 cm³/mol. The SMILES string of the molecule is [2H]c1cccc(I)c1[2H]. The largest absolute Gasteiger partial charge is 0.0634 e. The van der Waals surface area contributed by atoms with Crippen LogP contribution in [-0.2, 0) is 0 Å². The fourth-order valence-electron chi connectivity index (χ4n) is 0.333. The van der Waals surface area contributed by atoms with Crippen LogP contribution in [0.25, 0.3) is 0 Å². The zero-order valence-electron chi connectivity index (χ0n) is 5.61. The summed E-state index contributed by atoms with van der Waals surface area (Å²) >= 11 is 2.04. The highest BCUT2D eigenvalue weighted by molar-refractivity contribution is 14.1. The molecule has 36 valence electrons. The summed E-state index contributed by atoms with van der Waals surface area (Å²) in [6, 6.07) is 5.83. The zero-order valence-corrected chi connectivity index (χ0v) is 5.77. The van der Waals surface area contributed by atoms with Crippen molar-refractivity contribution < 1.29 is 2.74 Å². The van der Waals surface area contributed by atoms with Gasteiger partial charge in [0.1, 0.15) is 0 Å². The fraction of sp³-hybridized carbons (Fsp3) is 0. The van der Waals surface area contributed by atoms with E-state index in [1.165, 1.54) is 0 Å². The summed E-state index contributed by atoms with van der Waals surface area (Å²) in [5.74, 6) is 0. The Morgan fingerprint density at radius 2 is 2.43 bits per heavy atom. The maximum Gasteiger partial charge on any atom is 0.0634 e. The van der Waals surface area contributed by atoms with Crippen molar-refractivity contribution in [3.63, 3.8) is 0 Å². The van der Waals surface area contributed by atoms with E-state index >= 15 is 0 Å². The summed E-state index contributed by atoms with van der Waals surface area (Å²) in [5.41, 5.74) is 0. The molecule has 0 radical (unpaired) electrons. The van der Waals surface area contributed by atoms with Crippen LogP contribution in [0.4, 0.5) is 0 Å². The molecule has 1 heteroatoms. The van der Waals surface area contributed by atoms with Crippen LogP contribution in [0.2, 0.25) is 0 Å². The molecule has 1 rings (SSSR count). The van der Waals surface area contributed by atoms with Crippen molar-refractivity contribution in [2.24, 2.45) is 0 Å². The molecule has 7 heavy (non-hydrogen) atoms. The smallest absolute Gasteiger partial charge is 0.0622 e. The molecule has 0 atom stereocenters. The Kier molecular flexibility index (Phi) is 1.01. The van der Waals surface area contributed by atoms with E-state index in [1.54, 1.807) is 12.1 Å². The van der Waals surface area contributed by atoms with Crippen molar-refractivity contribution in [2.75, 3.05) is 0 Å². The van der Waals surface area contributed by atoms with Crippen LogP contribution in [0.15, 0.2) is 30.3 Å². The van der Waals surface area contributed by atoms with Crippen LogP contribution in [0.5, 0.6) is 0 Å². The van der Waals surface area contributed by atoms with E-state index in [2.05, 4.69) is 0 Å². The standard InChI is InChI=1S/C6H5I/c7-6-4-2-1-3-5-6/h1-5H/i2D,4D. The molecule has 0 saturated heterocycles. The Morgan fingerprint density at radius 1 is 1.57 bits per heavy atom. The minimum absolute atomic E-state index is 0.293. The first-order chi connectivity index (χ1) is 4.22. The Bertz CT molecular complexity index is 202. The third-order valence-corrected chi connectivity index (χ3v) is 1.24. The number of rotatable bonds is 0. The molecule has 0 heterocycles. The molecule has 0 saturated carbocycles. The molecule has 1 aromatic carbocycles. The number of halogens is 1. The van der Waals surface area contributed by atoms with E-state index in [9.17, 15) is 0 Å². The summed E-state index contributed by atoms with van der Waals surface area (Å²) in [7, 11) is 0. The van der Waals surface area contributed by atoms with Crippen molar-refractivity contribution in [3.8, 4) is 0 Å². The molecule has 0 amide bonds. The molecule has 0 aliphatic rings. The maximum absolute atomic E-state index is 7.25. The zero-order chi connectivity index (χ0) is 6.85. The van der Waals surface area contributed by atoms with Crippen molar-refractivity contribution >= 4 is 22.6 Å². The van der Waals surface area contributed by atoms with Gasteiger partial charge in [0.25, 0.3) is 0 Å². The first-order valence-electron chi connectivity index (χ1n) is 2.93. The highest BCUT2D eigenvalue weighted by atomic mass is 127. The van der Waals surface area contributed by atoms with E-state index in [0.717, 1.165) is 3.57 Å². The summed E-state index contributed by atoms with van der Waals surface area (Å²) in [4.78, 5) is 0. The molecule has 0 N–H and O–H groups in total. The summed E-state index contributed by atoms with van der Waals surface area (Å²) < 4.78 is 15.3. The summed E-state index contributed by atoms with van der Waals surface area (Å²) in [6.45, 7) is 0. The lowest BCUT2D eigenvalue weighted by atomic mass is 10.4. The van der Waals surface area contributed by atoms with Gasteiger partial charge in [-0.3, -0.25) is 0 Å². The normalized spacial score (nSPS) is 12.7. The maximum atomic E-state index is 7.25. The molecule has 0 bridgehead atoms. The number of hydrogen-bond donors (Lipinski definition) is 0. The van der Waals surface area contributed by atoms with Gasteiger partial charge in [-0.05, 0) is 34.7 Å². The Labute approximate surface area is 59.5 Å². The van der Waals surface area contributed by atoms with Gasteiger partial charge in [0, 0.05) is 3.57 Å². The third kappa shape index (κ3) is 1.47. The Morgan fingerprint density at radius 3 is 3.00 bits per heavy atom. The van der Waals surface area contributed by atoms with Crippen molar-refractivity contribution in [2.45, 2.75) is 0 Å². The second kappa shape index (κ2) is 2.31. The highest BCUT2D eigenvalue weighted by Crippen LogP contribution is 1.99. The van der Waals surface area contributed by atoms with Crippen molar-refractivity contribution in [1.29, 1.82) is 0 Å². The molecular formula is C6H5I. The van der Waals surface area contributed by atoms with Gasteiger partial charge in [-0.25, -0.2) is 0 Å². The first-order valence-corrected chi connectivity index (χ1v) is 3.01. The van der Waals surface area contributed by atoms with Crippen molar-refractivity contribution in [1.82, 2.24) is 0 Å². The van der Waals surface area contributed by atoms with Crippen LogP contribution in [0.1, 0.15) is 2.74 Å². The average Bonchev–Trinajstić information content (AvgIpc) is 1.83. The molecule has 0 spiro atoms. The Balaban J connectivity index is 3.25. The predicted octanol–water partition coefficient (Wildman–Crippen LogP) is 2.29. The van der Waals surface area contributed by atoms with E-state index < -0.39 is 0 Å². The van der Waals surface area contributed by atoms with Crippen LogP contribution in [0, 0.1) is 3.57 Å². The number of hydrogen-bond acceptors (Lipinski definition) is 0. The van der Waals surface area contributed by atoms with Gasteiger partial charge in [-0.2, -0.15) is 0 Å². The Hall–Kier alpha value is -0.0500. The van der Waals surface area contributed by atoms with Gasteiger partial charge >= 0.3 is 0 Å². The average molecular weight is 206 g/mol. The minimum Gasteiger partial charge on any atom is -0.0622 e. The van der Waals surface area contributed by atoms with Crippen LogP contribution < -0.4 is 0 Å². The highest BCUT2D eigenvalue weighted by Gasteiger charge is 1.74. The van der Waals surface area contributed by atoms with E-state index in [0.29, 0.717) is 12.1 Å². The van der Waals surface area contributed by atoms with Gasteiger partial charge in [0.2, 0.25) is 0 Å². The van der Waals surface area contributed by atoms with Gasteiger partial charge in [0.15, 0.2) is 0 Å².